The zero-order valence-corrected chi connectivity index (χ0v) is 15.5. The highest BCUT2D eigenvalue weighted by Crippen LogP contribution is 2.40. The number of nitrogens with one attached hydrogen (secondary N) is 2. The van der Waals surface area contributed by atoms with E-state index in [9.17, 15) is 9.59 Å². The van der Waals surface area contributed by atoms with Crippen molar-refractivity contribution in [3.8, 4) is 0 Å². The third kappa shape index (κ3) is 4.77. The van der Waals surface area contributed by atoms with Crippen LogP contribution in [0.5, 0.6) is 0 Å². The second-order valence-corrected chi connectivity index (χ2v) is 7.50. The number of hydrogen-bond donors (Lipinski definition) is 2. The van der Waals surface area contributed by atoms with Crippen LogP contribution in [-0.4, -0.2) is 18.4 Å². The Morgan fingerprint density at radius 3 is 2.48 bits per heavy atom. The van der Waals surface area contributed by atoms with E-state index < -0.39 is 0 Å². The molecule has 2 aliphatic carbocycles. The Hall–Kier alpha value is -1.52. The second-order valence-electron chi connectivity index (χ2n) is 6.68. The molecule has 0 bridgehead atoms. The molecule has 1 aromatic carbocycles. The van der Waals surface area contributed by atoms with E-state index in [0.29, 0.717) is 28.7 Å². The third-order valence-corrected chi connectivity index (χ3v) is 5.44. The summed E-state index contributed by atoms with van der Waals surface area (Å²) in [6.07, 6.45) is 8.57. The minimum atomic E-state index is -0.304. The predicted octanol–water partition coefficient (Wildman–Crippen LogP) is 4.57. The maximum atomic E-state index is 12.3. The molecule has 2 atom stereocenters. The van der Waals surface area contributed by atoms with Crippen LogP contribution in [0.2, 0.25) is 10.0 Å². The molecule has 1 saturated carbocycles. The summed E-state index contributed by atoms with van der Waals surface area (Å²) in [6.45, 7) is 0.645. The number of para-hydroxylation sites is 1. The van der Waals surface area contributed by atoms with Gasteiger partial charge in [0.25, 0.3) is 0 Å². The lowest BCUT2D eigenvalue weighted by Crippen LogP contribution is -2.28. The van der Waals surface area contributed by atoms with Crippen molar-refractivity contribution in [1.82, 2.24) is 5.32 Å². The van der Waals surface area contributed by atoms with E-state index in [1.54, 1.807) is 18.2 Å². The highest BCUT2D eigenvalue weighted by Gasteiger charge is 2.48. The van der Waals surface area contributed by atoms with Crippen molar-refractivity contribution in [2.45, 2.75) is 38.5 Å². The predicted molar refractivity (Wildman–Crippen MR) is 101 cm³/mol. The van der Waals surface area contributed by atoms with E-state index in [1.807, 2.05) is 0 Å². The zero-order valence-electron chi connectivity index (χ0n) is 14.0. The summed E-state index contributed by atoms with van der Waals surface area (Å²) >= 11 is 12.1. The van der Waals surface area contributed by atoms with E-state index in [-0.39, 0.29) is 23.7 Å². The van der Waals surface area contributed by atoms with Crippen LogP contribution in [0.1, 0.15) is 38.5 Å². The first kappa shape index (κ1) is 18.3. The van der Waals surface area contributed by atoms with Crippen LogP contribution in [-0.2, 0) is 9.59 Å². The molecule has 3 rings (SSSR count). The van der Waals surface area contributed by atoms with Crippen molar-refractivity contribution in [3.05, 3.63) is 39.9 Å². The number of amides is 2. The number of halogens is 2. The Morgan fingerprint density at radius 1 is 1.08 bits per heavy atom. The molecule has 2 amide bonds. The number of rotatable bonds is 6. The van der Waals surface area contributed by atoms with Gasteiger partial charge in [-0.05, 0) is 50.7 Å². The first-order valence-electron chi connectivity index (χ1n) is 8.76. The van der Waals surface area contributed by atoms with Gasteiger partial charge in [0.15, 0.2) is 0 Å². The third-order valence-electron chi connectivity index (χ3n) is 4.81. The van der Waals surface area contributed by atoms with E-state index in [0.717, 1.165) is 19.3 Å². The molecule has 0 spiro atoms. The van der Waals surface area contributed by atoms with Crippen LogP contribution in [0.15, 0.2) is 29.8 Å². The van der Waals surface area contributed by atoms with Gasteiger partial charge in [0.05, 0.1) is 27.6 Å². The molecule has 1 aromatic rings. The first-order valence-corrected chi connectivity index (χ1v) is 9.52. The van der Waals surface area contributed by atoms with Crippen LogP contribution < -0.4 is 10.6 Å². The van der Waals surface area contributed by atoms with Crippen molar-refractivity contribution < 1.29 is 9.59 Å². The number of benzene rings is 1. The maximum Gasteiger partial charge on any atom is 0.228 e. The Bertz CT molecular complexity index is 682. The topological polar surface area (TPSA) is 58.2 Å². The number of carbonyl (C=O) groups excluding carboxylic acids is 2. The Morgan fingerprint density at radius 2 is 1.80 bits per heavy atom. The average molecular weight is 381 g/mol. The summed E-state index contributed by atoms with van der Waals surface area (Å²) in [4.78, 5) is 24.5. The highest BCUT2D eigenvalue weighted by molar-refractivity contribution is 6.39. The Labute approximate surface area is 158 Å². The van der Waals surface area contributed by atoms with Gasteiger partial charge in [-0.2, -0.15) is 0 Å². The van der Waals surface area contributed by atoms with E-state index in [2.05, 4.69) is 16.7 Å². The first-order chi connectivity index (χ1) is 12.1. The van der Waals surface area contributed by atoms with Crippen LogP contribution in [0, 0.1) is 11.8 Å². The normalized spacial score (nSPS) is 22.1. The van der Waals surface area contributed by atoms with Crippen molar-refractivity contribution >= 4 is 40.7 Å². The molecule has 0 aliphatic heterocycles. The number of hydrogen-bond acceptors (Lipinski definition) is 2. The van der Waals surface area contributed by atoms with Gasteiger partial charge in [-0.1, -0.05) is 40.9 Å². The van der Waals surface area contributed by atoms with Gasteiger partial charge < -0.3 is 10.6 Å². The maximum absolute atomic E-state index is 12.3. The molecule has 2 aliphatic rings. The lowest BCUT2D eigenvalue weighted by Gasteiger charge is -2.13. The van der Waals surface area contributed by atoms with Gasteiger partial charge in [-0.15, -0.1) is 0 Å². The van der Waals surface area contributed by atoms with Gasteiger partial charge in [0.1, 0.15) is 0 Å². The fourth-order valence-electron chi connectivity index (χ4n) is 3.22. The van der Waals surface area contributed by atoms with E-state index >= 15 is 0 Å². The van der Waals surface area contributed by atoms with E-state index in [4.69, 9.17) is 23.2 Å². The number of carbonyl (C=O) groups is 2. The molecule has 25 heavy (non-hydrogen) atoms. The highest BCUT2D eigenvalue weighted by atomic mass is 35.5. The fraction of sp³-hybridized carbons (Fsp3) is 0.474. The van der Waals surface area contributed by atoms with E-state index in [1.165, 1.54) is 18.4 Å². The summed E-state index contributed by atoms with van der Waals surface area (Å²) in [6, 6.07) is 5.05. The number of allylic oxidation sites excluding steroid dienone is 1. The quantitative estimate of drug-likeness (QED) is 0.709. The van der Waals surface area contributed by atoms with Crippen molar-refractivity contribution in [3.63, 3.8) is 0 Å². The summed E-state index contributed by atoms with van der Waals surface area (Å²) < 4.78 is 0. The molecular formula is C19H22Cl2N2O2. The standard InChI is InChI=1S/C19H22Cl2N2O2/c20-15-7-4-8-16(21)17(15)23-19(25)14-11-13(14)18(24)22-10-9-12-5-2-1-3-6-12/h4-5,7-8,13-14H,1-3,6,9-11H2,(H,22,24)(H,23,25). The van der Waals surface area contributed by atoms with Gasteiger partial charge >= 0.3 is 0 Å². The molecule has 4 nitrogen and oxygen atoms in total. The molecule has 0 saturated heterocycles. The minimum Gasteiger partial charge on any atom is -0.356 e. The van der Waals surface area contributed by atoms with Crippen LogP contribution >= 0.6 is 23.2 Å². The lowest BCUT2D eigenvalue weighted by atomic mass is 9.97. The smallest absolute Gasteiger partial charge is 0.228 e. The van der Waals surface area contributed by atoms with Gasteiger partial charge in [-0.25, -0.2) is 0 Å². The van der Waals surface area contributed by atoms with Crippen molar-refractivity contribution in [1.29, 1.82) is 0 Å². The molecule has 0 radical (unpaired) electrons. The van der Waals surface area contributed by atoms with Gasteiger partial charge in [0.2, 0.25) is 11.8 Å². The Kier molecular flexibility index (Phi) is 6.02. The molecule has 2 N–H and O–H groups in total. The largest absolute Gasteiger partial charge is 0.356 e. The summed E-state index contributed by atoms with van der Waals surface area (Å²) in [5, 5.41) is 6.48. The molecule has 1 fully saturated rings. The van der Waals surface area contributed by atoms with Gasteiger partial charge in [0, 0.05) is 6.54 Å². The van der Waals surface area contributed by atoms with Crippen LogP contribution in [0.3, 0.4) is 0 Å². The minimum absolute atomic E-state index is 0.0400. The fourth-order valence-corrected chi connectivity index (χ4v) is 3.71. The zero-order chi connectivity index (χ0) is 17.8. The van der Waals surface area contributed by atoms with Crippen molar-refractivity contribution in [2.75, 3.05) is 11.9 Å². The van der Waals surface area contributed by atoms with Crippen LogP contribution in [0.4, 0.5) is 5.69 Å². The SMILES string of the molecule is O=C(NCCC1=CCCCC1)C1CC1C(=O)Nc1c(Cl)cccc1Cl. The summed E-state index contributed by atoms with van der Waals surface area (Å²) in [7, 11) is 0. The number of anilines is 1. The second kappa shape index (κ2) is 8.24. The summed E-state index contributed by atoms with van der Waals surface area (Å²) in [5.74, 6) is -0.796. The van der Waals surface area contributed by atoms with Gasteiger partial charge in [-0.3, -0.25) is 9.59 Å². The lowest BCUT2D eigenvalue weighted by molar-refractivity contribution is -0.125. The van der Waals surface area contributed by atoms with Crippen LogP contribution in [0.25, 0.3) is 0 Å². The molecule has 0 aromatic heterocycles. The monoisotopic (exact) mass is 380 g/mol. The molecular weight excluding hydrogens is 359 g/mol. The molecule has 0 heterocycles. The summed E-state index contributed by atoms with van der Waals surface area (Å²) in [5.41, 5.74) is 1.84. The van der Waals surface area contributed by atoms with Crippen molar-refractivity contribution in [2.24, 2.45) is 11.8 Å². The molecule has 134 valence electrons. The average Bonchev–Trinajstić information content (AvgIpc) is 3.40. The molecule has 6 heteroatoms. The Balaban J connectivity index is 1.44. The molecule has 2 unspecified atom stereocenters.